The number of ether oxygens (including phenoxy) is 1. The summed E-state index contributed by atoms with van der Waals surface area (Å²) in [4.78, 5) is 17.6. The second-order valence-electron chi connectivity index (χ2n) is 8.50. The molecule has 0 atom stereocenters. The van der Waals surface area contributed by atoms with Crippen molar-refractivity contribution in [2.45, 2.75) is 45.3 Å². The summed E-state index contributed by atoms with van der Waals surface area (Å²) in [5, 5.41) is 19.4. The number of amides is 1. The molecular formula is C22H28F3N7O2. The van der Waals surface area contributed by atoms with Crippen molar-refractivity contribution in [1.82, 2.24) is 19.7 Å². The van der Waals surface area contributed by atoms with E-state index >= 15 is 0 Å². The topological polar surface area (TPSA) is 108 Å². The molecule has 0 bridgehead atoms. The molecule has 0 aromatic carbocycles. The van der Waals surface area contributed by atoms with Crippen molar-refractivity contribution < 1.29 is 22.7 Å². The fourth-order valence-electron chi connectivity index (χ4n) is 3.40. The van der Waals surface area contributed by atoms with Crippen molar-refractivity contribution in [1.29, 1.82) is 5.26 Å². The Morgan fingerprint density at radius 1 is 1.26 bits per heavy atom. The molecule has 1 aliphatic rings. The molecule has 2 aromatic rings. The summed E-state index contributed by atoms with van der Waals surface area (Å²) in [6.45, 7) is 7.13. The number of carbonyl (C=O) groups excluding carboxylic acids is 1. The number of nitriles is 1. The molecule has 0 unspecified atom stereocenters. The van der Waals surface area contributed by atoms with E-state index in [1.54, 1.807) is 31.9 Å². The van der Waals surface area contributed by atoms with Gasteiger partial charge in [0.2, 0.25) is 5.91 Å². The summed E-state index contributed by atoms with van der Waals surface area (Å²) in [7, 11) is 0. The lowest BCUT2D eigenvalue weighted by Gasteiger charge is -2.20. The zero-order valence-corrected chi connectivity index (χ0v) is 19.4. The zero-order chi connectivity index (χ0) is 24.9. The second kappa shape index (κ2) is 10.3. The van der Waals surface area contributed by atoms with E-state index in [1.807, 2.05) is 0 Å². The summed E-state index contributed by atoms with van der Waals surface area (Å²) in [5.74, 6) is 0.187. The third kappa shape index (κ3) is 6.17. The van der Waals surface area contributed by atoms with Gasteiger partial charge in [-0.05, 0) is 27.2 Å². The normalized spacial score (nSPS) is 15.1. The highest BCUT2D eigenvalue weighted by molar-refractivity contribution is 5.76. The Hall–Kier alpha value is -3.33. The number of carbonyl (C=O) groups is 1. The van der Waals surface area contributed by atoms with Gasteiger partial charge in [-0.25, -0.2) is 4.98 Å². The molecule has 1 amide bonds. The van der Waals surface area contributed by atoms with Gasteiger partial charge < -0.3 is 20.3 Å². The van der Waals surface area contributed by atoms with Gasteiger partial charge in [-0.2, -0.15) is 23.5 Å². The molecule has 3 rings (SSSR count). The van der Waals surface area contributed by atoms with Crippen LogP contribution in [0.5, 0.6) is 0 Å². The predicted octanol–water partition coefficient (Wildman–Crippen LogP) is 3.66. The standard InChI is InChI=1S/C22H28F3N7O2/c1-15-18(13-32(30-15)21(2,3)14-26)29-19-11-17(16(12-28-19)22(23,24)25)27-6-4-7-31-8-10-34-9-5-20(31)33/h11-13H,4-10H2,1-3H3,(H2,27,28,29). The molecule has 12 heteroatoms. The molecule has 34 heavy (non-hydrogen) atoms. The van der Waals surface area contributed by atoms with Gasteiger partial charge in [-0.3, -0.25) is 9.48 Å². The van der Waals surface area contributed by atoms with Crippen molar-refractivity contribution >= 4 is 23.1 Å². The highest BCUT2D eigenvalue weighted by Gasteiger charge is 2.34. The molecule has 0 spiro atoms. The van der Waals surface area contributed by atoms with Gasteiger partial charge in [0.15, 0.2) is 0 Å². The first-order chi connectivity index (χ1) is 16.0. The van der Waals surface area contributed by atoms with Crippen molar-refractivity contribution in [2.24, 2.45) is 0 Å². The van der Waals surface area contributed by atoms with E-state index < -0.39 is 17.3 Å². The fraction of sp³-hybridized carbons (Fsp3) is 0.545. The fourth-order valence-corrected chi connectivity index (χ4v) is 3.40. The number of hydrogen-bond acceptors (Lipinski definition) is 7. The van der Waals surface area contributed by atoms with Gasteiger partial charge >= 0.3 is 6.18 Å². The lowest BCUT2D eigenvalue weighted by atomic mass is 10.1. The Morgan fingerprint density at radius 3 is 2.74 bits per heavy atom. The van der Waals surface area contributed by atoms with Crippen LogP contribution < -0.4 is 10.6 Å². The smallest absolute Gasteiger partial charge is 0.384 e. The molecule has 9 nitrogen and oxygen atoms in total. The van der Waals surface area contributed by atoms with Gasteiger partial charge in [0.1, 0.15) is 11.4 Å². The molecule has 1 aliphatic heterocycles. The van der Waals surface area contributed by atoms with E-state index in [0.717, 1.165) is 6.20 Å². The monoisotopic (exact) mass is 479 g/mol. The van der Waals surface area contributed by atoms with Crippen LogP contribution in [0.4, 0.5) is 30.4 Å². The second-order valence-corrected chi connectivity index (χ2v) is 8.50. The first kappa shape index (κ1) is 25.3. The maximum absolute atomic E-state index is 13.5. The van der Waals surface area contributed by atoms with Gasteiger partial charge in [0.25, 0.3) is 0 Å². The summed E-state index contributed by atoms with van der Waals surface area (Å²) >= 11 is 0. The van der Waals surface area contributed by atoms with Crippen LogP contribution in [0.3, 0.4) is 0 Å². The van der Waals surface area contributed by atoms with E-state index in [1.165, 1.54) is 10.7 Å². The molecule has 2 N–H and O–H groups in total. The minimum Gasteiger partial charge on any atom is -0.384 e. The molecule has 0 radical (unpaired) electrons. The minimum absolute atomic E-state index is 0.0145. The lowest BCUT2D eigenvalue weighted by Crippen LogP contribution is -2.33. The van der Waals surface area contributed by atoms with Gasteiger partial charge in [0, 0.05) is 31.9 Å². The SMILES string of the molecule is Cc1nn(C(C)(C)C#N)cc1Nc1cc(NCCCN2CCOCCC2=O)c(C(F)(F)F)cn1. The first-order valence-corrected chi connectivity index (χ1v) is 10.9. The third-order valence-electron chi connectivity index (χ3n) is 5.46. The summed E-state index contributed by atoms with van der Waals surface area (Å²) in [6.07, 6.45) is -1.40. The average molecular weight is 480 g/mol. The van der Waals surface area contributed by atoms with Crippen LogP contribution >= 0.6 is 0 Å². The molecule has 0 saturated carbocycles. The quantitative estimate of drug-likeness (QED) is 0.557. The summed E-state index contributed by atoms with van der Waals surface area (Å²) in [6, 6.07) is 3.44. The molecular weight excluding hydrogens is 451 g/mol. The molecule has 1 fully saturated rings. The predicted molar refractivity (Wildman–Crippen MR) is 120 cm³/mol. The Bertz CT molecular complexity index is 1060. The van der Waals surface area contributed by atoms with E-state index in [4.69, 9.17) is 4.74 Å². The van der Waals surface area contributed by atoms with E-state index in [0.29, 0.717) is 50.5 Å². The highest BCUT2D eigenvalue weighted by atomic mass is 19.4. The number of pyridine rings is 1. The number of alkyl halides is 3. The number of hydrogen-bond donors (Lipinski definition) is 2. The van der Waals surface area contributed by atoms with Crippen LogP contribution in [0.25, 0.3) is 0 Å². The van der Waals surface area contributed by atoms with E-state index in [-0.39, 0.29) is 24.0 Å². The number of halogens is 3. The number of nitrogens with one attached hydrogen (secondary N) is 2. The van der Waals surface area contributed by atoms with Gasteiger partial charge in [-0.1, -0.05) is 0 Å². The Morgan fingerprint density at radius 2 is 2.03 bits per heavy atom. The van der Waals surface area contributed by atoms with Crippen molar-refractivity contribution in [3.63, 3.8) is 0 Å². The maximum Gasteiger partial charge on any atom is 0.419 e. The Labute approximate surface area is 195 Å². The highest BCUT2D eigenvalue weighted by Crippen LogP contribution is 2.36. The molecule has 2 aromatic heterocycles. The lowest BCUT2D eigenvalue weighted by molar-refractivity contribution is -0.137. The van der Waals surface area contributed by atoms with Crippen molar-refractivity contribution in [3.05, 3.63) is 29.7 Å². The number of aromatic nitrogens is 3. The van der Waals surface area contributed by atoms with E-state index in [9.17, 15) is 23.2 Å². The van der Waals surface area contributed by atoms with Crippen LogP contribution in [-0.2, 0) is 21.2 Å². The largest absolute Gasteiger partial charge is 0.419 e. The van der Waals surface area contributed by atoms with Crippen LogP contribution in [0, 0.1) is 18.3 Å². The molecule has 1 saturated heterocycles. The van der Waals surface area contributed by atoms with Crippen LogP contribution in [-0.4, -0.2) is 58.4 Å². The van der Waals surface area contributed by atoms with Gasteiger partial charge in [-0.15, -0.1) is 0 Å². The van der Waals surface area contributed by atoms with Crippen molar-refractivity contribution in [3.8, 4) is 6.07 Å². The molecule has 3 heterocycles. The Kier molecular flexibility index (Phi) is 7.66. The minimum atomic E-state index is -4.58. The van der Waals surface area contributed by atoms with Gasteiger partial charge in [0.05, 0.1) is 54.5 Å². The third-order valence-corrected chi connectivity index (χ3v) is 5.46. The van der Waals surface area contributed by atoms with E-state index in [2.05, 4.69) is 26.8 Å². The van der Waals surface area contributed by atoms with Crippen molar-refractivity contribution in [2.75, 3.05) is 43.5 Å². The number of aryl methyl sites for hydroxylation is 1. The maximum atomic E-state index is 13.5. The zero-order valence-electron chi connectivity index (χ0n) is 19.4. The first-order valence-electron chi connectivity index (χ1n) is 10.9. The molecule has 0 aliphatic carbocycles. The van der Waals surface area contributed by atoms with Crippen LogP contribution in [0.15, 0.2) is 18.5 Å². The average Bonchev–Trinajstić information content (AvgIpc) is 3.02. The number of rotatable bonds is 8. The summed E-state index contributed by atoms with van der Waals surface area (Å²) < 4.78 is 47.4. The van der Waals surface area contributed by atoms with Crippen LogP contribution in [0.2, 0.25) is 0 Å². The number of nitrogens with zero attached hydrogens (tertiary/aromatic N) is 5. The summed E-state index contributed by atoms with van der Waals surface area (Å²) in [5.41, 5.74) is -0.770. The molecule has 184 valence electrons. The van der Waals surface area contributed by atoms with Crippen LogP contribution in [0.1, 0.15) is 37.9 Å². The Balaban J connectivity index is 1.71. The number of anilines is 3.